The van der Waals surface area contributed by atoms with E-state index in [4.69, 9.17) is 5.73 Å². The molecule has 19 heavy (non-hydrogen) atoms. The Morgan fingerprint density at radius 2 is 2.11 bits per heavy atom. The Bertz CT molecular complexity index is 543. The van der Waals surface area contributed by atoms with E-state index in [2.05, 4.69) is 54.8 Å². The minimum atomic E-state index is 0.117. The lowest BCUT2D eigenvalue weighted by atomic mass is 9.99. The number of nitrogens with zero attached hydrogens (tertiary/aromatic N) is 2. The number of hydrogen-bond acceptors (Lipinski definition) is 2. The van der Waals surface area contributed by atoms with Crippen LogP contribution < -0.4 is 5.73 Å². The zero-order valence-electron chi connectivity index (χ0n) is 12.1. The van der Waals surface area contributed by atoms with Gasteiger partial charge in [-0.2, -0.15) is 5.10 Å². The van der Waals surface area contributed by atoms with E-state index >= 15 is 0 Å². The first-order valence-electron chi connectivity index (χ1n) is 7.05. The van der Waals surface area contributed by atoms with Crippen LogP contribution >= 0.6 is 0 Å². The van der Waals surface area contributed by atoms with Crippen molar-refractivity contribution in [1.29, 1.82) is 0 Å². The molecule has 2 aromatic rings. The van der Waals surface area contributed by atoms with E-state index < -0.39 is 0 Å². The fourth-order valence-corrected chi connectivity index (χ4v) is 2.34. The Balaban J connectivity index is 2.36. The lowest BCUT2D eigenvalue weighted by molar-refractivity contribution is 0.587. The van der Waals surface area contributed by atoms with E-state index in [0.29, 0.717) is 0 Å². The van der Waals surface area contributed by atoms with E-state index in [1.54, 1.807) is 0 Å². The molecule has 0 spiro atoms. The first kappa shape index (κ1) is 13.8. The van der Waals surface area contributed by atoms with Crippen LogP contribution in [0.4, 0.5) is 0 Å². The standard InChI is InChI=1S/C16H23N3/c1-4-9-19-12(3)15(11-18-19)13-7-6-8-14(10-13)16(17)5-2/h6-8,10-11,16H,4-5,9,17H2,1-3H3. The quantitative estimate of drug-likeness (QED) is 0.888. The Labute approximate surface area is 115 Å². The highest BCUT2D eigenvalue weighted by Gasteiger charge is 2.10. The van der Waals surface area contributed by atoms with Gasteiger partial charge >= 0.3 is 0 Å². The molecule has 0 bridgehead atoms. The molecule has 2 rings (SSSR count). The SMILES string of the molecule is CCCn1ncc(-c2cccc(C(N)CC)c2)c1C. The van der Waals surface area contributed by atoms with Gasteiger partial charge in [0.25, 0.3) is 0 Å². The molecular formula is C16H23N3. The average molecular weight is 257 g/mol. The third-order valence-corrected chi connectivity index (χ3v) is 3.60. The van der Waals surface area contributed by atoms with Crippen LogP contribution in [0.3, 0.4) is 0 Å². The summed E-state index contributed by atoms with van der Waals surface area (Å²) in [7, 11) is 0. The summed E-state index contributed by atoms with van der Waals surface area (Å²) in [5, 5.41) is 4.46. The molecule has 0 aliphatic carbocycles. The van der Waals surface area contributed by atoms with Gasteiger partial charge in [-0.15, -0.1) is 0 Å². The van der Waals surface area contributed by atoms with Gasteiger partial charge in [0.15, 0.2) is 0 Å². The molecular weight excluding hydrogens is 234 g/mol. The van der Waals surface area contributed by atoms with Crippen molar-refractivity contribution in [3.05, 3.63) is 41.7 Å². The highest BCUT2D eigenvalue weighted by molar-refractivity contribution is 5.66. The van der Waals surface area contributed by atoms with Gasteiger partial charge in [-0.1, -0.05) is 32.0 Å². The molecule has 0 radical (unpaired) electrons. The van der Waals surface area contributed by atoms with Crippen molar-refractivity contribution in [1.82, 2.24) is 9.78 Å². The number of nitrogens with two attached hydrogens (primary N) is 1. The number of rotatable bonds is 5. The third-order valence-electron chi connectivity index (χ3n) is 3.60. The Morgan fingerprint density at radius 3 is 2.79 bits per heavy atom. The monoisotopic (exact) mass is 257 g/mol. The van der Waals surface area contributed by atoms with Gasteiger partial charge in [-0.25, -0.2) is 0 Å². The van der Waals surface area contributed by atoms with Crippen molar-refractivity contribution >= 4 is 0 Å². The summed E-state index contributed by atoms with van der Waals surface area (Å²) in [5.41, 5.74) is 11.0. The van der Waals surface area contributed by atoms with Crippen LogP contribution in [0.2, 0.25) is 0 Å². The molecule has 0 amide bonds. The molecule has 0 saturated heterocycles. The number of aromatic nitrogens is 2. The summed E-state index contributed by atoms with van der Waals surface area (Å²) in [6.45, 7) is 7.38. The molecule has 0 aliphatic rings. The molecule has 1 atom stereocenters. The predicted molar refractivity (Wildman–Crippen MR) is 79.9 cm³/mol. The fraction of sp³-hybridized carbons (Fsp3) is 0.438. The van der Waals surface area contributed by atoms with Crippen LogP contribution in [0.25, 0.3) is 11.1 Å². The first-order valence-corrected chi connectivity index (χ1v) is 7.05. The lowest BCUT2D eigenvalue weighted by Gasteiger charge is -2.11. The van der Waals surface area contributed by atoms with Crippen LogP contribution in [-0.4, -0.2) is 9.78 Å². The van der Waals surface area contributed by atoms with Gasteiger partial charge in [0.05, 0.1) is 6.20 Å². The second kappa shape index (κ2) is 6.02. The maximum atomic E-state index is 6.11. The lowest BCUT2D eigenvalue weighted by Crippen LogP contribution is -2.08. The zero-order chi connectivity index (χ0) is 13.8. The largest absolute Gasteiger partial charge is 0.324 e. The predicted octanol–water partition coefficient (Wildman–Crippen LogP) is 3.68. The highest BCUT2D eigenvalue weighted by Crippen LogP contribution is 2.26. The van der Waals surface area contributed by atoms with E-state index in [1.165, 1.54) is 22.4 Å². The zero-order valence-corrected chi connectivity index (χ0v) is 12.1. The third kappa shape index (κ3) is 2.87. The minimum absolute atomic E-state index is 0.117. The van der Waals surface area contributed by atoms with Crippen LogP contribution in [-0.2, 0) is 6.54 Å². The molecule has 1 unspecified atom stereocenters. The Hall–Kier alpha value is -1.61. The van der Waals surface area contributed by atoms with Crippen LogP contribution in [0.1, 0.15) is 44.0 Å². The Morgan fingerprint density at radius 1 is 1.32 bits per heavy atom. The van der Waals surface area contributed by atoms with Crippen molar-refractivity contribution in [2.24, 2.45) is 5.73 Å². The van der Waals surface area contributed by atoms with Gasteiger partial charge in [0.1, 0.15) is 0 Å². The van der Waals surface area contributed by atoms with Gasteiger partial charge in [0, 0.05) is 23.8 Å². The summed E-state index contributed by atoms with van der Waals surface area (Å²) < 4.78 is 2.07. The summed E-state index contributed by atoms with van der Waals surface area (Å²) in [5.74, 6) is 0. The smallest absolute Gasteiger partial charge is 0.0571 e. The molecule has 1 heterocycles. The maximum Gasteiger partial charge on any atom is 0.0571 e. The van der Waals surface area contributed by atoms with Crippen molar-refractivity contribution in [2.45, 2.75) is 46.2 Å². The summed E-state index contributed by atoms with van der Waals surface area (Å²) in [6, 6.07) is 8.62. The van der Waals surface area contributed by atoms with Gasteiger partial charge in [-0.05, 0) is 37.0 Å². The van der Waals surface area contributed by atoms with Gasteiger partial charge in [0.2, 0.25) is 0 Å². The van der Waals surface area contributed by atoms with Crippen molar-refractivity contribution in [3.8, 4) is 11.1 Å². The van der Waals surface area contributed by atoms with E-state index in [9.17, 15) is 0 Å². The number of hydrogen-bond donors (Lipinski definition) is 1. The minimum Gasteiger partial charge on any atom is -0.324 e. The Kier molecular flexibility index (Phi) is 4.38. The molecule has 0 saturated carbocycles. The molecule has 1 aromatic carbocycles. The van der Waals surface area contributed by atoms with Crippen LogP contribution in [0, 0.1) is 6.92 Å². The fourth-order valence-electron chi connectivity index (χ4n) is 2.34. The molecule has 102 valence electrons. The van der Waals surface area contributed by atoms with Crippen molar-refractivity contribution < 1.29 is 0 Å². The second-order valence-electron chi connectivity index (χ2n) is 5.01. The van der Waals surface area contributed by atoms with Gasteiger partial charge in [-0.3, -0.25) is 4.68 Å². The van der Waals surface area contributed by atoms with E-state index in [1.807, 2.05) is 6.20 Å². The average Bonchev–Trinajstić information content (AvgIpc) is 2.80. The summed E-state index contributed by atoms with van der Waals surface area (Å²) in [6.07, 6.45) is 4.02. The maximum absolute atomic E-state index is 6.11. The second-order valence-corrected chi connectivity index (χ2v) is 5.01. The molecule has 3 nitrogen and oxygen atoms in total. The van der Waals surface area contributed by atoms with Gasteiger partial charge < -0.3 is 5.73 Å². The molecule has 0 aliphatic heterocycles. The number of aryl methyl sites for hydroxylation is 1. The van der Waals surface area contributed by atoms with Crippen LogP contribution in [0.15, 0.2) is 30.5 Å². The van der Waals surface area contributed by atoms with E-state index in [-0.39, 0.29) is 6.04 Å². The summed E-state index contributed by atoms with van der Waals surface area (Å²) in [4.78, 5) is 0. The first-order chi connectivity index (χ1) is 9.17. The topological polar surface area (TPSA) is 43.8 Å². The highest BCUT2D eigenvalue weighted by atomic mass is 15.3. The van der Waals surface area contributed by atoms with Crippen molar-refractivity contribution in [2.75, 3.05) is 0 Å². The molecule has 1 aromatic heterocycles. The molecule has 0 fully saturated rings. The normalized spacial score (nSPS) is 12.6. The molecule has 2 N–H and O–H groups in total. The van der Waals surface area contributed by atoms with Crippen LogP contribution in [0.5, 0.6) is 0 Å². The van der Waals surface area contributed by atoms with E-state index in [0.717, 1.165) is 19.4 Å². The number of benzene rings is 1. The van der Waals surface area contributed by atoms with Crippen molar-refractivity contribution in [3.63, 3.8) is 0 Å². The molecule has 3 heteroatoms. The summed E-state index contributed by atoms with van der Waals surface area (Å²) >= 11 is 0.